The highest BCUT2D eigenvalue weighted by atomic mass is 32.2. The maximum absolute atomic E-state index is 12.3. The number of para-hydroxylation sites is 2. The molecule has 8 heteroatoms. The lowest BCUT2D eigenvalue weighted by molar-refractivity contribution is -0.130. The minimum atomic E-state index is -3.45. The Hall–Kier alpha value is -2.58. The molecular formula is C20H26N2O5S. The van der Waals surface area contributed by atoms with Crippen molar-refractivity contribution in [2.75, 3.05) is 34.4 Å². The molecule has 0 bridgehead atoms. The fraction of sp³-hybridized carbons (Fsp3) is 0.350. The summed E-state index contributed by atoms with van der Waals surface area (Å²) in [7, 11) is 1.24. The average molecular weight is 407 g/mol. The topological polar surface area (TPSA) is 84.9 Å². The van der Waals surface area contributed by atoms with Gasteiger partial charge in [0.1, 0.15) is 6.61 Å². The maximum atomic E-state index is 12.3. The predicted molar refractivity (Wildman–Crippen MR) is 107 cm³/mol. The predicted octanol–water partition coefficient (Wildman–Crippen LogP) is 2.07. The highest BCUT2D eigenvalue weighted by Gasteiger charge is 2.12. The van der Waals surface area contributed by atoms with E-state index in [1.54, 1.807) is 31.2 Å². The summed E-state index contributed by atoms with van der Waals surface area (Å²) in [4.78, 5) is 14.1. The van der Waals surface area contributed by atoms with E-state index in [1.165, 1.54) is 19.2 Å². The van der Waals surface area contributed by atoms with Gasteiger partial charge in [0.15, 0.2) is 11.5 Å². The Balaban J connectivity index is 1.79. The molecule has 0 saturated carbocycles. The number of benzene rings is 2. The molecule has 1 amide bonds. The first-order valence-corrected chi connectivity index (χ1v) is 10.4. The number of carbonyl (C=O) groups excluding carboxylic acids is 1. The first kappa shape index (κ1) is 21.7. The van der Waals surface area contributed by atoms with E-state index < -0.39 is 10.0 Å². The normalized spacial score (nSPS) is 11.1. The van der Waals surface area contributed by atoms with Crippen molar-refractivity contribution in [3.63, 3.8) is 0 Å². The minimum absolute atomic E-state index is 0.00412. The zero-order chi connectivity index (χ0) is 20.6. The van der Waals surface area contributed by atoms with Gasteiger partial charge in [-0.15, -0.1) is 0 Å². The lowest BCUT2D eigenvalue weighted by Gasteiger charge is -2.18. The molecule has 0 fully saturated rings. The third-order valence-corrected chi connectivity index (χ3v) is 5.74. The number of methoxy groups -OCH3 is 1. The molecule has 0 unspecified atom stereocenters. The van der Waals surface area contributed by atoms with Crippen LogP contribution in [0.4, 0.5) is 0 Å². The Bertz CT molecular complexity index is 882. The Morgan fingerprint density at radius 3 is 2.32 bits per heavy atom. The van der Waals surface area contributed by atoms with E-state index in [0.29, 0.717) is 37.5 Å². The van der Waals surface area contributed by atoms with Gasteiger partial charge in [0.2, 0.25) is 15.9 Å². The van der Waals surface area contributed by atoms with Gasteiger partial charge in [0.25, 0.3) is 0 Å². The van der Waals surface area contributed by atoms with Gasteiger partial charge in [-0.2, -0.15) is 0 Å². The molecule has 152 valence electrons. The molecule has 2 rings (SSSR count). The molecule has 0 aliphatic heterocycles. The van der Waals surface area contributed by atoms with Crippen molar-refractivity contribution in [2.24, 2.45) is 0 Å². The van der Waals surface area contributed by atoms with Crippen molar-refractivity contribution in [3.05, 3.63) is 54.1 Å². The van der Waals surface area contributed by atoms with Crippen LogP contribution in [0.15, 0.2) is 53.4 Å². The van der Waals surface area contributed by atoms with Crippen LogP contribution in [0.3, 0.4) is 0 Å². The van der Waals surface area contributed by atoms with Crippen molar-refractivity contribution in [2.45, 2.75) is 17.7 Å². The zero-order valence-electron chi connectivity index (χ0n) is 16.3. The van der Waals surface area contributed by atoms with Crippen molar-refractivity contribution in [1.29, 1.82) is 0 Å². The second kappa shape index (κ2) is 10.1. The van der Waals surface area contributed by atoms with Crippen molar-refractivity contribution < 1.29 is 22.7 Å². The Morgan fingerprint density at radius 1 is 1.07 bits per heavy atom. The lowest BCUT2D eigenvalue weighted by atomic mass is 10.1. The van der Waals surface area contributed by atoms with Gasteiger partial charge < -0.3 is 14.4 Å². The average Bonchev–Trinajstić information content (AvgIpc) is 2.72. The monoisotopic (exact) mass is 406 g/mol. The molecule has 0 saturated heterocycles. The Kier molecular flexibility index (Phi) is 7.83. The summed E-state index contributed by atoms with van der Waals surface area (Å²) in [5.41, 5.74) is 0.905. The van der Waals surface area contributed by atoms with Gasteiger partial charge in [0, 0.05) is 13.5 Å². The summed E-state index contributed by atoms with van der Waals surface area (Å²) < 4.78 is 36.6. The van der Waals surface area contributed by atoms with Gasteiger partial charge in [-0.3, -0.25) is 4.79 Å². The third-order valence-electron chi connectivity index (χ3n) is 4.31. The Morgan fingerprint density at radius 2 is 1.71 bits per heavy atom. The third kappa shape index (κ3) is 5.97. The summed E-state index contributed by atoms with van der Waals surface area (Å²) in [6.07, 6.45) is 0.875. The minimum Gasteiger partial charge on any atom is -0.493 e. The second-order valence-corrected chi connectivity index (χ2v) is 8.05. The molecule has 0 atom stereocenters. The van der Waals surface area contributed by atoms with Crippen LogP contribution in [-0.2, 0) is 21.2 Å². The quantitative estimate of drug-likeness (QED) is 0.653. The van der Waals surface area contributed by atoms with Crippen LogP contribution in [0.5, 0.6) is 11.5 Å². The summed E-state index contributed by atoms with van der Waals surface area (Å²) in [6.45, 7) is 0.815. The van der Waals surface area contributed by atoms with Crippen LogP contribution in [0.1, 0.15) is 12.0 Å². The lowest BCUT2D eigenvalue weighted by Crippen LogP contribution is -2.31. The molecule has 0 radical (unpaired) electrons. The number of amides is 1. The molecular weight excluding hydrogens is 380 g/mol. The van der Waals surface area contributed by atoms with Crippen molar-refractivity contribution >= 4 is 15.9 Å². The fourth-order valence-electron chi connectivity index (χ4n) is 2.55. The number of rotatable bonds is 10. The van der Waals surface area contributed by atoms with Crippen LogP contribution in [0, 0.1) is 0 Å². The van der Waals surface area contributed by atoms with E-state index in [4.69, 9.17) is 9.47 Å². The van der Waals surface area contributed by atoms with E-state index in [-0.39, 0.29) is 10.8 Å². The summed E-state index contributed by atoms with van der Waals surface area (Å²) >= 11 is 0. The standard InChI is InChI=1S/C20H26N2O5S/c1-21-28(24,25)17-11-8-16(9-12-17)10-13-20(23)22(2)14-15-27-19-7-5-4-6-18(19)26-3/h4-9,11-12,21H,10,13-15H2,1-3H3. The first-order valence-electron chi connectivity index (χ1n) is 8.89. The zero-order valence-corrected chi connectivity index (χ0v) is 17.2. The Labute approximate surface area is 166 Å². The molecule has 0 spiro atoms. The van der Waals surface area contributed by atoms with E-state index in [9.17, 15) is 13.2 Å². The SMILES string of the molecule is CNS(=O)(=O)c1ccc(CCC(=O)N(C)CCOc2ccccc2OC)cc1. The smallest absolute Gasteiger partial charge is 0.240 e. The van der Waals surface area contributed by atoms with Gasteiger partial charge in [-0.1, -0.05) is 24.3 Å². The first-order chi connectivity index (χ1) is 13.4. The number of ether oxygens (including phenoxy) is 2. The number of hydrogen-bond donors (Lipinski definition) is 1. The maximum Gasteiger partial charge on any atom is 0.240 e. The molecule has 2 aromatic carbocycles. The molecule has 0 heterocycles. The molecule has 0 aromatic heterocycles. The van der Waals surface area contributed by atoms with E-state index in [0.717, 1.165) is 5.56 Å². The van der Waals surface area contributed by atoms with Gasteiger partial charge in [-0.05, 0) is 43.3 Å². The summed E-state index contributed by atoms with van der Waals surface area (Å²) in [6, 6.07) is 13.9. The van der Waals surface area contributed by atoms with E-state index >= 15 is 0 Å². The van der Waals surface area contributed by atoms with Crippen molar-refractivity contribution in [1.82, 2.24) is 9.62 Å². The number of likely N-dealkylation sites (N-methyl/N-ethyl adjacent to an activating group) is 1. The van der Waals surface area contributed by atoms with Crippen LogP contribution in [-0.4, -0.2) is 53.6 Å². The second-order valence-electron chi connectivity index (χ2n) is 6.17. The number of aryl methyl sites for hydroxylation is 1. The van der Waals surface area contributed by atoms with Gasteiger partial charge in [0.05, 0.1) is 18.6 Å². The van der Waals surface area contributed by atoms with Gasteiger partial charge >= 0.3 is 0 Å². The number of nitrogens with one attached hydrogen (secondary N) is 1. The summed E-state index contributed by atoms with van der Waals surface area (Å²) in [5, 5.41) is 0. The van der Waals surface area contributed by atoms with E-state index in [2.05, 4.69) is 4.72 Å². The summed E-state index contributed by atoms with van der Waals surface area (Å²) in [5.74, 6) is 1.29. The van der Waals surface area contributed by atoms with Crippen molar-refractivity contribution in [3.8, 4) is 11.5 Å². The molecule has 0 aliphatic rings. The van der Waals surface area contributed by atoms with E-state index in [1.807, 2.05) is 24.3 Å². The molecule has 7 nitrogen and oxygen atoms in total. The highest BCUT2D eigenvalue weighted by Crippen LogP contribution is 2.25. The number of carbonyl (C=O) groups is 1. The van der Waals surface area contributed by atoms with Crippen LogP contribution in [0.25, 0.3) is 0 Å². The fourth-order valence-corrected chi connectivity index (χ4v) is 3.28. The number of sulfonamides is 1. The van der Waals surface area contributed by atoms with Crippen LogP contribution in [0.2, 0.25) is 0 Å². The molecule has 2 aromatic rings. The number of hydrogen-bond acceptors (Lipinski definition) is 5. The highest BCUT2D eigenvalue weighted by molar-refractivity contribution is 7.89. The molecule has 0 aliphatic carbocycles. The number of nitrogens with zero attached hydrogens (tertiary/aromatic N) is 1. The largest absolute Gasteiger partial charge is 0.493 e. The van der Waals surface area contributed by atoms with Crippen LogP contribution >= 0.6 is 0 Å². The van der Waals surface area contributed by atoms with Gasteiger partial charge in [-0.25, -0.2) is 13.1 Å². The molecule has 1 N–H and O–H groups in total. The molecule has 28 heavy (non-hydrogen) atoms. The van der Waals surface area contributed by atoms with Crippen LogP contribution < -0.4 is 14.2 Å².